The number of nitrogens with one attached hydrogen (secondary N) is 1. The SMILES string of the molecule is COc1ccc(C(O)CNC(=O)c2c(F)cc(F)cc2F)cc1. The summed E-state index contributed by atoms with van der Waals surface area (Å²) in [6.07, 6.45) is -1.07. The molecule has 2 aromatic rings. The number of carbonyl (C=O) groups excluding carboxylic acids is 1. The van der Waals surface area contributed by atoms with Crippen LogP contribution in [-0.2, 0) is 0 Å². The number of carbonyl (C=O) groups is 1. The number of hydrogen-bond acceptors (Lipinski definition) is 3. The average molecular weight is 325 g/mol. The summed E-state index contributed by atoms with van der Waals surface area (Å²) in [7, 11) is 1.50. The Labute approximate surface area is 130 Å². The first-order valence-electron chi connectivity index (χ1n) is 6.67. The van der Waals surface area contributed by atoms with Crippen molar-refractivity contribution in [2.75, 3.05) is 13.7 Å². The zero-order valence-corrected chi connectivity index (χ0v) is 12.1. The van der Waals surface area contributed by atoms with Crippen molar-refractivity contribution in [1.82, 2.24) is 5.32 Å². The Kier molecular flexibility index (Phi) is 5.23. The molecule has 7 heteroatoms. The lowest BCUT2D eigenvalue weighted by atomic mass is 10.1. The van der Waals surface area contributed by atoms with E-state index in [0.717, 1.165) is 0 Å². The minimum atomic E-state index is -1.31. The lowest BCUT2D eigenvalue weighted by Gasteiger charge is -2.13. The average Bonchev–Trinajstić information content (AvgIpc) is 2.51. The molecule has 1 unspecified atom stereocenters. The predicted octanol–water partition coefficient (Wildman–Crippen LogP) is 2.58. The fraction of sp³-hybridized carbons (Fsp3) is 0.188. The third-order valence-corrected chi connectivity index (χ3v) is 3.19. The highest BCUT2D eigenvalue weighted by Gasteiger charge is 2.20. The van der Waals surface area contributed by atoms with Crippen molar-refractivity contribution in [2.45, 2.75) is 6.10 Å². The van der Waals surface area contributed by atoms with E-state index in [1.165, 1.54) is 7.11 Å². The Morgan fingerprint density at radius 2 is 1.74 bits per heavy atom. The van der Waals surface area contributed by atoms with Crippen LogP contribution in [0.4, 0.5) is 13.2 Å². The summed E-state index contributed by atoms with van der Waals surface area (Å²) in [5, 5.41) is 12.2. The van der Waals surface area contributed by atoms with Gasteiger partial charge in [0.1, 0.15) is 28.8 Å². The summed E-state index contributed by atoms with van der Waals surface area (Å²) >= 11 is 0. The number of aliphatic hydroxyl groups excluding tert-OH is 1. The van der Waals surface area contributed by atoms with Crippen molar-refractivity contribution in [3.05, 3.63) is 65.0 Å². The van der Waals surface area contributed by atoms with Crippen LogP contribution in [0.5, 0.6) is 5.75 Å². The normalized spacial score (nSPS) is 11.9. The third-order valence-electron chi connectivity index (χ3n) is 3.19. The van der Waals surface area contributed by atoms with E-state index in [9.17, 15) is 23.1 Å². The van der Waals surface area contributed by atoms with Crippen LogP contribution in [0.25, 0.3) is 0 Å². The van der Waals surface area contributed by atoms with Gasteiger partial charge < -0.3 is 15.2 Å². The van der Waals surface area contributed by atoms with Gasteiger partial charge in [-0.15, -0.1) is 0 Å². The minimum Gasteiger partial charge on any atom is -0.497 e. The maximum Gasteiger partial charge on any atom is 0.257 e. The third kappa shape index (κ3) is 4.01. The molecular formula is C16H14F3NO3. The number of rotatable bonds is 5. The molecule has 0 aliphatic carbocycles. The van der Waals surface area contributed by atoms with Crippen LogP contribution in [0.3, 0.4) is 0 Å². The fourth-order valence-electron chi connectivity index (χ4n) is 1.98. The van der Waals surface area contributed by atoms with Crippen molar-refractivity contribution in [2.24, 2.45) is 0 Å². The van der Waals surface area contributed by atoms with E-state index in [2.05, 4.69) is 5.32 Å². The van der Waals surface area contributed by atoms with Gasteiger partial charge in [0.25, 0.3) is 5.91 Å². The molecular weight excluding hydrogens is 311 g/mol. The number of methoxy groups -OCH3 is 1. The second kappa shape index (κ2) is 7.15. The van der Waals surface area contributed by atoms with Gasteiger partial charge >= 0.3 is 0 Å². The summed E-state index contributed by atoms with van der Waals surface area (Å²) in [5.74, 6) is -4.21. The summed E-state index contributed by atoms with van der Waals surface area (Å²) in [5.41, 5.74) is -0.403. The van der Waals surface area contributed by atoms with Crippen LogP contribution in [0.15, 0.2) is 36.4 Å². The second-order valence-electron chi connectivity index (χ2n) is 4.74. The molecule has 0 aliphatic heterocycles. The van der Waals surface area contributed by atoms with Crippen LogP contribution in [0.2, 0.25) is 0 Å². The van der Waals surface area contributed by atoms with E-state index < -0.39 is 35.0 Å². The van der Waals surface area contributed by atoms with Crippen molar-refractivity contribution in [3.63, 3.8) is 0 Å². The molecule has 0 bridgehead atoms. The molecule has 2 N–H and O–H groups in total. The Hall–Kier alpha value is -2.54. The van der Waals surface area contributed by atoms with Crippen LogP contribution in [0.1, 0.15) is 22.0 Å². The van der Waals surface area contributed by atoms with Crippen LogP contribution >= 0.6 is 0 Å². The molecule has 0 saturated heterocycles. The van der Waals surface area contributed by atoms with E-state index >= 15 is 0 Å². The van der Waals surface area contributed by atoms with Gasteiger partial charge in [0.15, 0.2) is 0 Å². The van der Waals surface area contributed by atoms with Gasteiger partial charge in [0, 0.05) is 18.7 Å². The van der Waals surface area contributed by atoms with E-state index in [1.54, 1.807) is 24.3 Å². The maximum atomic E-state index is 13.5. The zero-order valence-electron chi connectivity index (χ0n) is 12.1. The van der Waals surface area contributed by atoms with Crippen molar-refractivity contribution >= 4 is 5.91 Å². The minimum absolute atomic E-state index is 0.262. The molecule has 122 valence electrons. The zero-order chi connectivity index (χ0) is 17.0. The highest BCUT2D eigenvalue weighted by Crippen LogP contribution is 2.18. The number of aliphatic hydroxyl groups is 1. The molecule has 2 aromatic carbocycles. The quantitative estimate of drug-likeness (QED) is 0.888. The number of halogens is 3. The lowest BCUT2D eigenvalue weighted by Crippen LogP contribution is -2.30. The first kappa shape index (κ1) is 16.8. The molecule has 2 rings (SSSR count). The molecule has 0 saturated carbocycles. The molecule has 23 heavy (non-hydrogen) atoms. The Morgan fingerprint density at radius 1 is 1.17 bits per heavy atom. The predicted molar refractivity (Wildman–Crippen MR) is 76.6 cm³/mol. The summed E-state index contributed by atoms with van der Waals surface area (Å²) in [6, 6.07) is 7.26. The Balaban J connectivity index is 2.03. The van der Waals surface area contributed by atoms with Gasteiger partial charge in [-0.25, -0.2) is 13.2 Å². The smallest absolute Gasteiger partial charge is 0.257 e. The Morgan fingerprint density at radius 3 is 2.26 bits per heavy atom. The van der Waals surface area contributed by atoms with Crippen LogP contribution in [-0.4, -0.2) is 24.7 Å². The first-order chi connectivity index (χ1) is 10.9. The molecule has 0 radical (unpaired) electrons. The molecule has 0 spiro atoms. The van der Waals surface area contributed by atoms with Crippen LogP contribution < -0.4 is 10.1 Å². The van der Waals surface area contributed by atoms with Gasteiger partial charge in [-0.05, 0) is 17.7 Å². The van der Waals surface area contributed by atoms with Crippen LogP contribution in [0, 0.1) is 17.5 Å². The summed E-state index contributed by atoms with van der Waals surface area (Å²) < 4.78 is 44.7. The van der Waals surface area contributed by atoms with Gasteiger partial charge in [-0.1, -0.05) is 12.1 Å². The molecule has 0 heterocycles. The molecule has 1 atom stereocenters. The summed E-state index contributed by atoms with van der Waals surface area (Å²) in [4.78, 5) is 11.8. The highest BCUT2D eigenvalue weighted by molar-refractivity contribution is 5.94. The van der Waals surface area contributed by atoms with E-state index in [0.29, 0.717) is 23.4 Å². The number of hydrogen-bond donors (Lipinski definition) is 2. The van der Waals surface area contributed by atoms with Crippen molar-refractivity contribution < 1.29 is 27.8 Å². The maximum absolute atomic E-state index is 13.5. The number of benzene rings is 2. The van der Waals surface area contributed by atoms with E-state index in [-0.39, 0.29) is 6.54 Å². The van der Waals surface area contributed by atoms with Gasteiger partial charge in [-0.3, -0.25) is 4.79 Å². The van der Waals surface area contributed by atoms with Crippen molar-refractivity contribution in [1.29, 1.82) is 0 Å². The first-order valence-corrected chi connectivity index (χ1v) is 6.67. The fourth-order valence-corrected chi connectivity index (χ4v) is 1.98. The van der Waals surface area contributed by atoms with Gasteiger partial charge in [0.05, 0.1) is 13.2 Å². The van der Waals surface area contributed by atoms with E-state index in [4.69, 9.17) is 4.74 Å². The number of ether oxygens (including phenoxy) is 1. The van der Waals surface area contributed by atoms with Crippen molar-refractivity contribution in [3.8, 4) is 5.75 Å². The van der Waals surface area contributed by atoms with E-state index in [1.807, 2.05) is 0 Å². The molecule has 0 fully saturated rings. The number of amides is 1. The molecule has 0 aromatic heterocycles. The standard InChI is InChI=1S/C16H14F3NO3/c1-23-11-4-2-9(3-5-11)14(21)8-20-16(22)15-12(18)6-10(17)7-13(15)19/h2-7,14,21H,8H2,1H3,(H,20,22). The molecule has 1 amide bonds. The molecule has 0 aliphatic rings. The second-order valence-corrected chi connectivity index (χ2v) is 4.74. The van der Waals surface area contributed by atoms with Gasteiger partial charge in [0.2, 0.25) is 0 Å². The highest BCUT2D eigenvalue weighted by atomic mass is 19.1. The Bertz CT molecular complexity index is 681. The summed E-state index contributed by atoms with van der Waals surface area (Å²) in [6.45, 7) is -0.262. The lowest BCUT2D eigenvalue weighted by molar-refractivity contribution is 0.0907. The van der Waals surface area contributed by atoms with Gasteiger partial charge in [-0.2, -0.15) is 0 Å². The monoisotopic (exact) mass is 325 g/mol. The molecule has 4 nitrogen and oxygen atoms in total. The topological polar surface area (TPSA) is 58.6 Å². The largest absolute Gasteiger partial charge is 0.497 e.